The van der Waals surface area contributed by atoms with Crippen molar-refractivity contribution >= 4 is 5.96 Å². The second-order valence-corrected chi connectivity index (χ2v) is 5.58. The van der Waals surface area contributed by atoms with E-state index in [4.69, 9.17) is 10.5 Å². The van der Waals surface area contributed by atoms with E-state index in [0.717, 1.165) is 6.07 Å². The number of methoxy groups -OCH3 is 1. The van der Waals surface area contributed by atoms with Crippen molar-refractivity contribution in [3.63, 3.8) is 0 Å². The summed E-state index contributed by atoms with van der Waals surface area (Å²) < 4.78 is 43.1. The van der Waals surface area contributed by atoms with Gasteiger partial charge in [0, 0.05) is 19.7 Å². The number of guanidine groups is 1. The number of nitrogens with two attached hydrogens (primary N) is 1. The molecule has 0 aliphatic carbocycles. The smallest absolute Gasteiger partial charge is 0.383 e. The predicted molar refractivity (Wildman–Crippen MR) is 85.4 cm³/mol. The minimum Gasteiger partial charge on any atom is -0.383 e. The third-order valence-electron chi connectivity index (χ3n) is 3.44. The zero-order chi connectivity index (χ0) is 17.5. The monoisotopic (exact) mass is 331 g/mol. The average molecular weight is 331 g/mol. The molecule has 0 radical (unpaired) electrons. The first-order chi connectivity index (χ1) is 10.7. The molecule has 0 aliphatic rings. The van der Waals surface area contributed by atoms with Gasteiger partial charge in [-0.25, -0.2) is 0 Å². The molecule has 3 N–H and O–H groups in total. The summed E-state index contributed by atoms with van der Waals surface area (Å²) in [7, 11) is 1.60. The molecular weight excluding hydrogens is 307 g/mol. The number of rotatable bonds is 7. The molecule has 130 valence electrons. The van der Waals surface area contributed by atoms with Crippen LogP contribution in [0.2, 0.25) is 0 Å². The number of ether oxygens (including phenoxy) is 1. The normalized spacial score (nSPS) is 15.3. The van der Waals surface area contributed by atoms with Crippen LogP contribution in [0.4, 0.5) is 13.2 Å². The van der Waals surface area contributed by atoms with Crippen LogP contribution in [0, 0.1) is 0 Å². The number of nitrogens with one attached hydrogen (secondary N) is 1. The number of benzene rings is 1. The fourth-order valence-electron chi connectivity index (χ4n) is 2.16. The molecule has 0 aliphatic heterocycles. The van der Waals surface area contributed by atoms with E-state index < -0.39 is 11.7 Å². The lowest BCUT2D eigenvalue weighted by Crippen LogP contribution is -2.40. The highest BCUT2D eigenvalue weighted by molar-refractivity contribution is 5.78. The number of hydrogen-bond donors (Lipinski definition) is 2. The molecule has 1 rings (SSSR count). The Balaban J connectivity index is 2.55. The lowest BCUT2D eigenvalue weighted by Gasteiger charge is -2.15. The van der Waals surface area contributed by atoms with Crippen LogP contribution < -0.4 is 11.1 Å². The third-order valence-corrected chi connectivity index (χ3v) is 3.44. The van der Waals surface area contributed by atoms with Crippen molar-refractivity contribution in [3.05, 3.63) is 35.4 Å². The van der Waals surface area contributed by atoms with Gasteiger partial charge in [-0.1, -0.05) is 25.1 Å². The van der Waals surface area contributed by atoms with Gasteiger partial charge in [-0.05, 0) is 30.9 Å². The molecule has 0 amide bonds. The van der Waals surface area contributed by atoms with E-state index in [1.807, 2.05) is 13.8 Å². The summed E-state index contributed by atoms with van der Waals surface area (Å²) >= 11 is 0. The molecule has 0 aromatic heterocycles. The topological polar surface area (TPSA) is 59.6 Å². The van der Waals surface area contributed by atoms with Gasteiger partial charge < -0.3 is 15.8 Å². The fraction of sp³-hybridized carbons (Fsp3) is 0.562. The first-order valence-corrected chi connectivity index (χ1v) is 7.46. The quantitative estimate of drug-likeness (QED) is 0.596. The minimum atomic E-state index is -4.32. The van der Waals surface area contributed by atoms with Crippen LogP contribution in [-0.4, -0.2) is 32.3 Å². The SMILES string of the molecule is COCC(C)NC(N)=NCCC(C)c1cccc(C(F)(F)F)c1. The molecule has 4 nitrogen and oxygen atoms in total. The van der Waals surface area contributed by atoms with Crippen LogP contribution in [0.25, 0.3) is 0 Å². The Labute approximate surface area is 134 Å². The van der Waals surface area contributed by atoms with Crippen molar-refractivity contribution in [3.8, 4) is 0 Å². The zero-order valence-electron chi connectivity index (χ0n) is 13.7. The molecular formula is C16H24F3N3O. The van der Waals surface area contributed by atoms with Crippen molar-refractivity contribution in [2.45, 2.75) is 38.4 Å². The minimum absolute atomic E-state index is 0.0368. The van der Waals surface area contributed by atoms with Crippen molar-refractivity contribution in [1.29, 1.82) is 0 Å². The lowest BCUT2D eigenvalue weighted by molar-refractivity contribution is -0.137. The first kappa shape index (κ1) is 19.3. The summed E-state index contributed by atoms with van der Waals surface area (Å²) in [5, 5.41) is 2.98. The lowest BCUT2D eigenvalue weighted by atomic mass is 9.96. The number of nitrogens with zero attached hydrogens (tertiary/aromatic N) is 1. The van der Waals surface area contributed by atoms with E-state index >= 15 is 0 Å². The molecule has 0 saturated carbocycles. The largest absolute Gasteiger partial charge is 0.416 e. The van der Waals surface area contributed by atoms with Crippen molar-refractivity contribution < 1.29 is 17.9 Å². The molecule has 23 heavy (non-hydrogen) atoms. The molecule has 1 aromatic rings. The average Bonchev–Trinajstić information content (AvgIpc) is 2.46. The van der Waals surface area contributed by atoms with Crippen LogP contribution >= 0.6 is 0 Å². The van der Waals surface area contributed by atoms with Gasteiger partial charge >= 0.3 is 6.18 Å². The molecule has 7 heteroatoms. The van der Waals surface area contributed by atoms with Gasteiger partial charge in [0.2, 0.25) is 0 Å². The standard InChI is InChI=1S/C16H24F3N3O/c1-11(7-8-21-15(20)22-12(2)10-23-3)13-5-4-6-14(9-13)16(17,18)19/h4-6,9,11-12H,7-8,10H2,1-3H3,(H3,20,21,22). The highest BCUT2D eigenvalue weighted by Gasteiger charge is 2.30. The third kappa shape index (κ3) is 6.90. The Morgan fingerprint density at radius 3 is 2.65 bits per heavy atom. The van der Waals surface area contributed by atoms with Crippen molar-refractivity contribution in [1.82, 2.24) is 5.32 Å². The van der Waals surface area contributed by atoms with E-state index in [1.165, 1.54) is 12.1 Å². The van der Waals surface area contributed by atoms with Crippen molar-refractivity contribution in [2.24, 2.45) is 10.7 Å². The number of hydrogen-bond acceptors (Lipinski definition) is 2. The van der Waals surface area contributed by atoms with Gasteiger partial charge in [0.15, 0.2) is 5.96 Å². The van der Waals surface area contributed by atoms with Gasteiger partial charge in [0.1, 0.15) is 0 Å². The number of halogens is 3. The van der Waals surface area contributed by atoms with Crippen LogP contribution in [-0.2, 0) is 10.9 Å². The molecule has 0 bridgehead atoms. The molecule has 2 atom stereocenters. The van der Waals surface area contributed by atoms with Gasteiger partial charge in [-0.2, -0.15) is 13.2 Å². The first-order valence-electron chi connectivity index (χ1n) is 7.46. The van der Waals surface area contributed by atoms with Gasteiger partial charge in [0.05, 0.1) is 12.2 Å². The second-order valence-electron chi connectivity index (χ2n) is 5.58. The zero-order valence-corrected chi connectivity index (χ0v) is 13.7. The van der Waals surface area contributed by atoms with E-state index in [9.17, 15) is 13.2 Å². The van der Waals surface area contributed by atoms with E-state index in [2.05, 4.69) is 10.3 Å². The van der Waals surface area contributed by atoms with E-state index in [0.29, 0.717) is 31.1 Å². The van der Waals surface area contributed by atoms with Crippen molar-refractivity contribution in [2.75, 3.05) is 20.3 Å². The Kier molecular flexibility index (Phi) is 7.35. The van der Waals surface area contributed by atoms with E-state index in [1.54, 1.807) is 13.2 Å². The van der Waals surface area contributed by atoms with Crippen LogP contribution in [0.15, 0.2) is 29.3 Å². The summed E-state index contributed by atoms with van der Waals surface area (Å²) in [4.78, 5) is 4.19. The fourth-order valence-corrected chi connectivity index (χ4v) is 2.16. The number of alkyl halides is 3. The molecule has 0 fully saturated rings. The second kappa shape index (κ2) is 8.76. The van der Waals surface area contributed by atoms with E-state index in [-0.39, 0.29) is 12.0 Å². The van der Waals surface area contributed by atoms with Crippen LogP contribution in [0.5, 0.6) is 0 Å². The number of aliphatic imine (C=N–C) groups is 1. The van der Waals surface area contributed by atoms with Gasteiger partial charge in [-0.15, -0.1) is 0 Å². The Hall–Kier alpha value is -1.76. The summed E-state index contributed by atoms with van der Waals surface area (Å²) in [5.41, 5.74) is 5.77. The Morgan fingerprint density at radius 1 is 1.35 bits per heavy atom. The summed E-state index contributed by atoms with van der Waals surface area (Å²) in [6.45, 7) is 4.74. The highest BCUT2D eigenvalue weighted by atomic mass is 19.4. The van der Waals surface area contributed by atoms with Crippen LogP contribution in [0.3, 0.4) is 0 Å². The Morgan fingerprint density at radius 2 is 2.04 bits per heavy atom. The molecule has 2 unspecified atom stereocenters. The maximum atomic E-state index is 12.7. The highest BCUT2D eigenvalue weighted by Crippen LogP contribution is 2.31. The van der Waals surface area contributed by atoms with Gasteiger partial charge in [-0.3, -0.25) is 4.99 Å². The summed E-state index contributed by atoms with van der Waals surface area (Å²) in [6, 6.07) is 5.45. The molecule has 1 aromatic carbocycles. The maximum absolute atomic E-state index is 12.7. The van der Waals surface area contributed by atoms with Crippen LogP contribution in [0.1, 0.15) is 37.3 Å². The summed E-state index contributed by atoms with van der Waals surface area (Å²) in [5.74, 6) is 0.274. The molecule has 0 heterocycles. The van der Waals surface area contributed by atoms with Gasteiger partial charge in [0.25, 0.3) is 0 Å². The summed E-state index contributed by atoms with van der Waals surface area (Å²) in [6.07, 6.45) is -3.71. The molecule has 0 saturated heterocycles. The molecule has 0 spiro atoms. The Bertz CT molecular complexity index is 518. The predicted octanol–water partition coefficient (Wildman–Crippen LogP) is 3.14. The maximum Gasteiger partial charge on any atom is 0.416 e.